The summed E-state index contributed by atoms with van der Waals surface area (Å²) >= 11 is 0. The average Bonchev–Trinajstić information content (AvgIpc) is 2.71. The topological polar surface area (TPSA) is 92.7 Å². The molecule has 0 aliphatic heterocycles. The normalized spacial score (nSPS) is 15.1. The minimum atomic E-state index is -2.33. The Kier molecular flexibility index (Phi) is 11.5. The van der Waals surface area contributed by atoms with Crippen LogP contribution in [-0.4, -0.2) is 73.7 Å². The van der Waals surface area contributed by atoms with E-state index in [0.29, 0.717) is 28.4 Å². The molecule has 2 unspecified atom stereocenters. The van der Waals surface area contributed by atoms with Crippen LogP contribution in [0.15, 0.2) is 12.1 Å². The van der Waals surface area contributed by atoms with Crippen LogP contribution in [0, 0.1) is 0 Å². The van der Waals surface area contributed by atoms with E-state index in [-0.39, 0.29) is 5.54 Å². The van der Waals surface area contributed by atoms with Crippen LogP contribution in [0.25, 0.3) is 6.08 Å². The van der Waals surface area contributed by atoms with Crippen LogP contribution >= 0.6 is 0 Å². The maximum atomic E-state index is 11.6. The number of ether oxygens (including phenoxy) is 3. The van der Waals surface area contributed by atoms with E-state index in [2.05, 4.69) is 65.8 Å². The molecule has 0 radical (unpaired) electrons. The van der Waals surface area contributed by atoms with E-state index in [9.17, 15) is 9.90 Å². The zero-order valence-electron chi connectivity index (χ0n) is 25.2. The fourth-order valence-electron chi connectivity index (χ4n) is 4.15. The number of methoxy groups -OCH3 is 3. The largest absolute Gasteiger partial charge is 0.493 e. The van der Waals surface area contributed by atoms with Gasteiger partial charge in [0.15, 0.2) is 36.5 Å². The highest BCUT2D eigenvalue weighted by Crippen LogP contribution is 2.53. The Balaban J connectivity index is 4.51. The minimum Gasteiger partial charge on any atom is -0.493 e. The molecule has 0 saturated carbocycles. The van der Waals surface area contributed by atoms with E-state index in [1.54, 1.807) is 20.3 Å². The third-order valence-corrected chi connectivity index (χ3v) is 8.39. The molecule has 212 valence electrons. The van der Waals surface area contributed by atoms with Crippen LogP contribution in [0.3, 0.4) is 0 Å². The summed E-state index contributed by atoms with van der Waals surface area (Å²) in [6.07, 6.45) is 2.16. The van der Waals surface area contributed by atoms with E-state index in [0.717, 1.165) is 16.3 Å². The third kappa shape index (κ3) is 9.37. The number of carbonyl (C=O) groups is 1. The predicted octanol–water partition coefficient (Wildman–Crippen LogP) is 5.06. The van der Waals surface area contributed by atoms with E-state index in [1.165, 1.54) is 13.2 Å². The van der Waals surface area contributed by atoms with Crippen LogP contribution in [0.2, 0.25) is 64.5 Å². The lowest BCUT2D eigenvalue weighted by Gasteiger charge is -2.51. The van der Waals surface area contributed by atoms with Crippen molar-refractivity contribution in [1.29, 1.82) is 0 Å². The van der Waals surface area contributed by atoms with Crippen molar-refractivity contribution in [2.45, 2.75) is 83.3 Å². The van der Waals surface area contributed by atoms with Gasteiger partial charge in [-0.05, 0) is 82.2 Å². The van der Waals surface area contributed by atoms with Crippen LogP contribution in [0.1, 0.15) is 18.1 Å². The molecule has 0 spiro atoms. The van der Waals surface area contributed by atoms with Gasteiger partial charge >= 0.3 is 5.97 Å². The molecule has 0 fully saturated rings. The van der Waals surface area contributed by atoms with Gasteiger partial charge in [-0.2, -0.15) is 0 Å². The minimum absolute atomic E-state index is 0.119. The van der Waals surface area contributed by atoms with E-state index < -0.39 is 42.8 Å². The molecule has 0 bridgehead atoms. The van der Waals surface area contributed by atoms with Gasteiger partial charge in [-0.1, -0.05) is 6.92 Å². The Morgan fingerprint density at radius 1 is 0.892 bits per heavy atom. The molecule has 37 heavy (non-hydrogen) atoms. The van der Waals surface area contributed by atoms with Crippen molar-refractivity contribution in [3.05, 3.63) is 23.3 Å². The number of carboxylic acid groups (broad SMARTS) is 1. The van der Waals surface area contributed by atoms with Gasteiger partial charge in [-0.25, -0.2) is 4.79 Å². The Labute approximate surface area is 229 Å². The summed E-state index contributed by atoms with van der Waals surface area (Å²) in [5.41, 5.74) is 1.22. The standard InChI is InChI=1S/C25H48O8Si4/c1-17(34)24(31-35(5,6)7)25(32-36(8,9)10,33-37(11,12)13)21-18(14-15-20(26)27)16-19(28-2)22(29-3)23(21)30-4/h14-17,24H,1-13,34H3,(H,26,27). The van der Waals surface area contributed by atoms with Crippen molar-refractivity contribution >= 4 is 47.2 Å². The van der Waals surface area contributed by atoms with Crippen LogP contribution < -0.4 is 14.2 Å². The first kappa shape index (κ1) is 33.6. The van der Waals surface area contributed by atoms with Gasteiger partial charge < -0.3 is 32.6 Å². The number of hydrogen-bond donors (Lipinski definition) is 1. The maximum Gasteiger partial charge on any atom is 0.328 e. The number of carboxylic acids is 1. The molecule has 12 heteroatoms. The molecule has 0 heterocycles. The number of rotatable bonds is 14. The molecular formula is C25H48O8Si4. The van der Waals surface area contributed by atoms with Crippen molar-refractivity contribution in [2.75, 3.05) is 21.3 Å². The maximum absolute atomic E-state index is 11.6. The average molecular weight is 589 g/mol. The lowest BCUT2D eigenvalue weighted by Crippen LogP contribution is -2.58. The van der Waals surface area contributed by atoms with Crippen molar-refractivity contribution < 1.29 is 37.4 Å². The van der Waals surface area contributed by atoms with Crippen molar-refractivity contribution in [3.63, 3.8) is 0 Å². The SMILES string of the molecule is COc1cc(C=CC(=O)O)c(C(O[Si](C)(C)C)(O[Si](C)(C)C)C(O[Si](C)(C)C)C(C)[SiH3])c(OC)c1OC. The molecule has 2 atom stereocenters. The number of aliphatic carboxylic acids is 1. The summed E-state index contributed by atoms with van der Waals surface area (Å²) < 4.78 is 38.6. The number of hydrogen-bond acceptors (Lipinski definition) is 7. The first-order chi connectivity index (χ1) is 16.7. The molecule has 1 N–H and O–H groups in total. The molecule has 1 aromatic carbocycles. The van der Waals surface area contributed by atoms with Gasteiger partial charge in [-0.3, -0.25) is 0 Å². The lowest BCUT2D eigenvalue weighted by atomic mass is 9.91. The Morgan fingerprint density at radius 2 is 1.38 bits per heavy atom. The summed E-state index contributed by atoms with van der Waals surface area (Å²) in [6.45, 7) is 21.2. The first-order valence-corrected chi connectivity index (χ1v) is 23.9. The summed E-state index contributed by atoms with van der Waals surface area (Å²) in [7, 11) is -1.33. The first-order valence-electron chi connectivity index (χ1n) is 12.5. The summed E-state index contributed by atoms with van der Waals surface area (Å²) in [6, 6.07) is 1.75. The van der Waals surface area contributed by atoms with Crippen LogP contribution in [0.5, 0.6) is 17.2 Å². The second-order valence-electron chi connectivity index (χ2n) is 12.3. The Bertz CT molecular complexity index is 943. The third-order valence-electron chi connectivity index (χ3n) is 4.99. The van der Waals surface area contributed by atoms with Crippen molar-refractivity contribution in [3.8, 4) is 17.2 Å². The molecule has 1 aromatic rings. The summed E-state index contributed by atoms with van der Waals surface area (Å²) in [5.74, 6) is -1.30. The zero-order chi connectivity index (χ0) is 29.0. The summed E-state index contributed by atoms with van der Waals surface area (Å²) in [4.78, 5) is 11.6. The van der Waals surface area contributed by atoms with Crippen molar-refractivity contribution in [2.24, 2.45) is 0 Å². The summed E-state index contributed by atoms with van der Waals surface area (Å²) in [5, 5.41) is 9.51. The Morgan fingerprint density at radius 3 is 1.70 bits per heavy atom. The van der Waals surface area contributed by atoms with Crippen LogP contribution in [-0.2, 0) is 23.9 Å². The van der Waals surface area contributed by atoms with E-state index >= 15 is 0 Å². The molecule has 8 nitrogen and oxygen atoms in total. The van der Waals surface area contributed by atoms with Gasteiger partial charge in [-0.15, -0.1) is 0 Å². The fourth-order valence-corrected chi connectivity index (χ4v) is 8.61. The second-order valence-corrected chi connectivity index (χ2v) is 27.4. The van der Waals surface area contributed by atoms with Gasteiger partial charge in [0.25, 0.3) is 0 Å². The molecule has 0 saturated heterocycles. The van der Waals surface area contributed by atoms with Gasteiger partial charge in [0.05, 0.1) is 26.9 Å². The monoisotopic (exact) mass is 588 g/mol. The molecular weight excluding hydrogens is 541 g/mol. The second kappa shape index (κ2) is 12.6. The fraction of sp³-hybridized carbons (Fsp3) is 0.640. The molecule has 1 rings (SSSR count). The molecule has 0 aliphatic rings. The highest BCUT2D eigenvalue weighted by molar-refractivity contribution is 6.71. The molecule has 0 aromatic heterocycles. The highest BCUT2D eigenvalue weighted by Gasteiger charge is 2.54. The van der Waals surface area contributed by atoms with Crippen molar-refractivity contribution in [1.82, 2.24) is 0 Å². The van der Waals surface area contributed by atoms with E-state index in [4.69, 9.17) is 27.5 Å². The molecule has 0 aliphatic carbocycles. The van der Waals surface area contributed by atoms with Gasteiger partial charge in [0, 0.05) is 16.3 Å². The molecule has 0 amide bonds. The van der Waals surface area contributed by atoms with E-state index in [1.807, 2.05) is 0 Å². The lowest BCUT2D eigenvalue weighted by molar-refractivity contribution is -0.202. The van der Waals surface area contributed by atoms with Gasteiger partial charge in [0.2, 0.25) is 11.5 Å². The quantitative estimate of drug-likeness (QED) is 0.183. The van der Waals surface area contributed by atoms with Crippen LogP contribution in [0.4, 0.5) is 0 Å². The Hall–Kier alpha value is -1.42. The predicted molar refractivity (Wildman–Crippen MR) is 161 cm³/mol. The zero-order valence-corrected chi connectivity index (χ0v) is 30.2. The smallest absolute Gasteiger partial charge is 0.328 e. The number of benzene rings is 1. The van der Waals surface area contributed by atoms with Gasteiger partial charge in [0.1, 0.15) is 6.10 Å². The highest BCUT2D eigenvalue weighted by atomic mass is 28.4.